The SMILES string of the molecule is CC(C)Cn1nc(C(C)(C)C)cc(C(=O)NN)c1=O. The molecule has 1 rings (SSSR count). The van der Waals surface area contributed by atoms with Gasteiger partial charge in [0.2, 0.25) is 0 Å². The molecule has 0 aliphatic carbocycles. The summed E-state index contributed by atoms with van der Waals surface area (Å²) in [6.07, 6.45) is 0. The summed E-state index contributed by atoms with van der Waals surface area (Å²) in [6, 6.07) is 1.52. The lowest BCUT2D eigenvalue weighted by atomic mass is 9.91. The van der Waals surface area contributed by atoms with Crippen molar-refractivity contribution in [2.24, 2.45) is 11.8 Å². The van der Waals surface area contributed by atoms with E-state index < -0.39 is 11.5 Å². The van der Waals surface area contributed by atoms with Gasteiger partial charge >= 0.3 is 0 Å². The Morgan fingerprint density at radius 3 is 2.47 bits per heavy atom. The van der Waals surface area contributed by atoms with Crippen LogP contribution >= 0.6 is 0 Å². The molecule has 1 heterocycles. The summed E-state index contributed by atoms with van der Waals surface area (Å²) in [6.45, 7) is 10.4. The van der Waals surface area contributed by atoms with Crippen LogP contribution in [0, 0.1) is 5.92 Å². The molecule has 0 saturated carbocycles. The predicted octanol–water partition coefficient (Wildman–Crippen LogP) is 0.800. The lowest BCUT2D eigenvalue weighted by Crippen LogP contribution is -2.39. The summed E-state index contributed by atoms with van der Waals surface area (Å²) in [5.74, 6) is 4.79. The Kier molecular flexibility index (Phi) is 4.47. The molecule has 1 amide bonds. The number of hydrazine groups is 1. The second-order valence-electron chi connectivity index (χ2n) is 6.05. The molecular formula is C13H22N4O2. The first-order valence-electron chi connectivity index (χ1n) is 6.30. The number of nitrogen functional groups attached to an aromatic ring is 1. The second-order valence-corrected chi connectivity index (χ2v) is 6.05. The largest absolute Gasteiger partial charge is 0.290 e. The van der Waals surface area contributed by atoms with E-state index >= 15 is 0 Å². The zero-order valence-corrected chi connectivity index (χ0v) is 12.2. The molecule has 0 saturated heterocycles. The van der Waals surface area contributed by atoms with Gasteiger partial charge in [-0.05, 0) is 12.0 Å². The molecule has 106 valence electrons. The molecule has 1 aromatic rings. The molecule has 6 heteroatoms. The summed E-state index contributed by atoms with van der Waals surface area (Å²) in [5, 5.41) is 4.34. The lowest BCUT2D eigenvalue weighted by molar-refractivity contribution is 0.0950. The van der Waals surface area contributed by atoms with Gasteiger partial charge in [0.25, 0.3) is 11.5 Å². The van der Waals surface area contributed by atoms with Gasteiger partial charge in [0.15, 0.2) is 0 Å². The van der Waals surface area contributed by atoms with Gasteiger partial charge in [-0.25, -0.2) is 10.5 Å². The number of carbonyl (C=O) groups is 1. The van der Waals surface area contributed by atoms with Crippen LogP contribution in [0.3, 0.4) is 0 Å². The van der Waals surface area contributed by atoms with Crippen molar-refractivity contribution in [2.45, 2.75) is 46.6 Å². The molecule has 0 unspecified atom stereocenters. The van der Waals surface area contributed by atoms with Gasteiger partial charge in [-0.15, -0.1) is 0 Å². The van der Waals surface area contributed by atoms with Crippen molar-refractivity contribution in [3.63, 3.8) is 0 Å². The van der Waals surface area contributed by atoms with E-state index in [0.717, 1.165) is 0 Å². The van der Waals surface area contributed by atoms with Crippen molar-refractivity contribution in [2.75, 3.05) is 0 Å². The van der Waals surface area contributed by atoms with E-state index in [0.29, 0.717) is 12.2 Å². The number of aromatic nitrogens is 2. The summed E-state index contributed by atoms with van der Waals surface area (Å²) in [5.41, 5.74) is 2.05. The van der Waals surface area contributed by atoms with Gasteiger partial charge < -0.3 is 0 Å². The van der Waals surface area contributed by atoms with Crippen LogP contribution in [0.4, 0.5) is 0 Å². The van der Waals surface area contributed by atoms with E-state index in [4.69, 9.17) is 5.84 Å². The van der Waals surface area contributed by atoms with Crippen LogP contribution < -0.4 is 16.8 Å². The van der Waals surface area contributed by atoms with E-state index in [-0.39, 0.29) is 16.9 Å². The Bertz CT molecular complexity index is 526. The number of rotatable bonds is 3. The van der Waals surface area contributed by atoms with Crippen molar-refractivity contribution in [3.05, 3.63) is 27.7 Å². The molecule has 0 aliphatic heterocycles. The molecule has 6 nitrogen and oxygen atoms in total. The van der Waals surface area contributed by atoms with E-state index in [2.05, 4.69) is 5.10 Å². The number of nitrogens with zero attached hydrogens (tertiary/aromatic N) is 2. The third kappa shape index (κ3) is 3.64. The fourth-order valence-electron chi connectivity index (χ4n) is 1.62. The van der Waals surface area contributed by atoms with Crippen LogP contribution in [-0.4, -0.2) is 15.7 Å². The Hall–Kier alpha value is -1.69. The molecule has 0 atom stereocenters. The molecule has 19 heavy (non-hydrogen) atoms. The Morgan fingerprint density at radius 2 is 2.05 bits per heavy atom. The van der Waals surface area contributed by atoms with E-state index in [1.54, 1.807) is 0 Å². The minimum Gasteiger partial charge on any atom is -0.290 e. The molecule has 3 N–H and O–H groups in total. The van der Waals surface area contributed by atoms with Crippen LogP contribution in [0.25, 0.3) is 0 Å². The van der Waals surface area contributed by atoms with Gasteiger partial charge in [-0.2, -0.15) is 5.10 Å². The fraction of sp³-hybridized carbons (Fsp3) is 0.615. The predicted molar refractivity (Wildman–Crippen MR) is 73.7 cm³/mol. The third-order valence-electron chi connectivity index (χ3n) is 2.66. The summed E-state index contributed by atoms with van der Waals surface area (Å²) in [4.78, 5) is 23.8. The molecule has 0 fully saturated rings. The molecule has 0 radical (unpaired) electrons. The quantitative estimate of drug-likeness (QED) is 0.481. The Balaban J connectivity index is 3.47. The highest BCUT2D eigenvalue weighted by atomic mass is 16.2. The molecule has 0 spiro atoms. The number of hydrogen-bond acceptors (Lipinski definition) is 4. The first-order chi connectivity index (χ1) is 8.66. The number of amides is 1. The zero-order chi connectivity index (χ0) is 14.8. The van der Waals surface area contributed by atoms with Gasteiger partial charge in [-0.1, -0.05) is 34.6 Å². The molecule has 1 aromatic heterocycles. The van der Waals surface area contributed by atoms with Crippen LogP contribution in [0.1, 0.15) is 50.7 Å². The first-order valence-corrected chi connectivity index (χ1v) is 6.30. The maximum absolute atomic E-state index is 12.2. The third-order valence-corrected chi connectivity index (χ3v) is 2.66. The summed E-state index contributed by atoms with van der Waals surface area (Å²) >= 11 is 0. The monoisotopic (exact) mass is 266 g/mol. The number of hydrogen-bond donors (Lipinski definition) is 2. The van der Waals surface area contributed by atoms with Gasteiger partial charge in [0.05, 0.1) is 5.69 Å². The topological polar surface area (TPSA) is 90.0 Å². The van der Waals surface area contributed by atoms with Crippen molar-refractivity contribution < 1.29 is 4.79 Å². The van der Waals surface area contributed by atoms with Crippen molar-refractivity contribution >= 4 is 5.91 Å². The van der Waals surface area contributed by atoms with E-state index in [9.17, 15) is 9.59 Å². The number of nitrogens with one attached hydrogen (secondary N) is 1. The average Bonchev–Trinajstić information content (AvgIpc) is 2.28. The standard InChI is InChI=1S/C13H22N4O2/c1-8(2)7-17-12(19)9(11(18)15-14)6-10(16-17)13(3,4)5/h6,8H,7,14H2,1-5H3,(H,15,18). The minimum atomic E-state index is -0.588. The highest BCUT2D eigenvalue weighted by molar-refractivity contribution is 5.93. The van der Waals surface area contributed by atoms with Crippen LogP contribution in [0.15, 0.2) is 10.9 Å². The fourth-order valence-corrected chi connectivity index (χ4v) is 1.62. The summed E-state index contributed by atoms with van der Waals surface area (Å²) in [7, 11) is 0. The van der Waals surface area contributed by atoms with Crippen LogP contribution in [-0.2, 0) is 12.0 Å². The van der Waals surface area contributed by atoms with Gasteiger partial charge in [-0.3, -0.25) is 15.0 Å². The summed E-state index contributed by atoms with van der Waals surface area (Å²) < 4.78 is 1.34. The normalized spacial score (nSPS) is 11.7. The first kappa shape index (κ1) is 15.4. The minimum absolute atomic E-state index is 0.0306. The van der Waals surface area contributed by atoms with Crippen LogP contribution in [0.5, 0.6) is 0 Å². The van der Waals surface area contributed by atoms with Crippen molar-refractivity contribution in [1.82, 2.24) is 15.2 Å². The van der Waals surface area contributed by atoms with Crippen LogP contribution in [0.2, 0.25) is 0 Å². The molecule has 0 aliphatic rings. The maximum atomic E-state index is 12.2. The second kappa shape index (κ2) is 5.52. The maximum Gasteiger partial charge on any atom is 0.279 e. The van der Waals surface area contributed by atoms with Crippen molar-refractivity contribution in [3.8, 4) is 0 Å². The lowest BCUT2D eigenvalue weighted by Gasteiger charge is -2.20. The zero-order valence-electron chi connectivity index (χ0n) is 12.2. The molecule has 0 bridgehead atoms. The Labute approximate surface area is 113 Å². The molecular weight excluding hydrogens is 244 g/mol. The molecule has 0 aromatic carbocycles. The highest BCUT2D eigenvalue weighted by Gasteiger charge is 2.22. The highest BCUT2D eigenvalue weighted by Crippen LogP contribution is 2.19. The smallest absolute Gasteiger partial charge is 0.279 e. The van der Waals surface area contributed by atoms with E-state index in [1.165, 1.54) is 10.7 Å². The van der Waals surface area contributed by atoms with Gasteiger partial charge in [0.1, 0.15) is 5.56 Å². The average molecular weight is 266 g/mol. The van der Waals surface area contributed by atoms with E-state index in [1.807, 2.05) is 40.0 Å². The number of nitrogens with two attached hydrogens (primary N) is 1. The van der Waals surface area contributed by atoms with Gasteiger partial charge in [0, 0.05) is 12.0 Å². The number of carbonyl (C=O) groups excluding carboxylic acids is 1. The Morgan fingerprint density at radius 1 is 1.47 bits per heavy atom. The van der Waals surface area contributed by atoms with Crippen molar-refractivity contribution in [1.29, 1.82) is 0 Å².